The highest BCUT2D eigenvalue weighted by atomic mass is 35.5. The van der Waals surface area contributed by atoms with Gasteiger partial charge < -0.3 is 19.5 Å². The summed E-state index contributed by atoms with van der Waals surface area (Å²) in [6.45, 7) is 0.945. The van der Waals surface area contributed by atoms with Crippen LogP contribution in [0.4, 0.5) is 5.69 Å². The molecule has 0 fully saturated rings. The molecule has 188 valence electrons. The van der Waals surface area contributed by atoms with Crippen LogP contribution in [0.25, 0.3) is 5.69 Å². The number of hydrogen-bond acceptors (Lipinski definition) is 8. The lowest BCUT2D eigenvalue weighted by Gasteiger charge is -2.34. The molecule has 0 aliphatic carbocycles. The summed E-state index contributed by atoms with van der Waals surface area (Å²) in [5, 5.41) is 16.0. The van der Waals surface area contributed by atoms with E-state index >= 15 is 0 Å². The predicted molar refractivity (Wildman–Crippen MR) is 136 cm³/mol. The Morgan fingerprint density at radius 2 is 2.03 bits per heavy atom. The van der Waals surface area contributed by atoms with Crippen molar-refractivity contribution in [1.82, 2.24) is 25.1 Å². The van der Waals surface area contributed by atoms with Crippen molar-refractivity contribution >= 4 is 23.2 Å². The van der Waals surface area contributed by atoms with E-state index in [0.29, 0.717) is 45.0 Å². The summed E-state index contributed by atoms with van der Waals surface area (Å²) in [6, 6.07) is 15.9. The molecule has 0 saturated heterocycles. The zero-order valence-electron chi connectivity index (χ0n) is 20.1. The number of rotatable bonds is 5. The Bertz CT molecular complexity index is 1510. The molecule has 1 aromatic heterocycles. The molecule has 0 saturated carbocycles. The van der Waals surface area contributed by atoms with Gasteiger partial charge in [0.15, 0.2) is 17.3 Å². The molecular formula is C26H23ClN6O4. The first kappa shape index (κ1) is 23.3. The Morgan fingerprint density at radius 1 is 1.16 bits per heavy atom. The van der Waals surface area contributed by atoms with Crippen LogP contribution < -0.4 is 19.5 Å². The van der Waals surface area contributed by atoms with E-state index in [9.17, 15) is 4.79 Å². The highest BCUT2D eigenvalue weighted by Gasteiger charge is 2.37. The minimum atomic E-state index is -0.304. The van der Waals surface area contributed by atoms with Crippen molar-refractivity contribution in [3.63, 3.8) is 0 Å². The molecule has 11 heteroatoms. The lowest BCUT2D eigenvalue weighted by molar-refractivity contribution is 0.102. The van der Waals surface area contributed by atoms with E-state index in [4.69, 9.17) is 25.8 Å². The lowest BCUT2D eigenvalue weighted by atomic mass is 9.90. The number of likely N-dealkylation sites (N-methyl/N-ethyl adjacent to an activating group) is 1. The van der Waals surface area contributed by atoms with Crippen LogP contribution in [-0.4, -0.2) is 58.5 Å². The second-order valence-electron chi connectivity index (χ2n) is 8.78. The third-order valence-electron chi connectivity index (χ3n) is 6.60. The van der Waals surface area contributed by atoms with Gasteiger partial charge in [-0.25, -0.2) is 0 Å². The van der Waals surface area contributed by atoms with Crippen molar-refractivity contribution in [2.45, 2.75) is 12.5 Å². The minimum Gasteiger partial charge on any atom is -0.492 e. The van der Waals surface area contributed by atoms with Crippen LogP contribution >= 0.6 is 11.6 Å². The molecule has 1 amide bonds. The van der Waals surface area contributed by atoms with Crippen LogP contribution in [0.2, 0.25) is 5.02 Å². The Hall–Kier alpha value is -4.15. The lowest BCUT2D eigenvalue weighted by Crippen LogP contribution is -2.35. The third kappa shape index (κ3) is 4.04. The van der Waals surface area contributed by atoms with E-state index in [0.717, 1.165) is 24.1 Å². The van der Waals surface area contributed by atoms with Gasteiger partial charge in [0.2, 0.25) is 12.5 Å². The number of aromatic nitrogens is 4. The number of nitrogens with one attached hydrogen (secondary N) is 1. The van der Waals surface area contributed by atoms with Gasteiger partial charge in [-0.05, 0) is 65.9 Å². The van der Waals surface area contributed by atoms with Crippen LogP contribution in [0, 0.1) is 0 Å². The molecule has 3 aromatic carbocycles. The third-order valence-corrected chi connectivity index (χ3v) is 6.93. The molecule has 0 radical (unpaired) electrons. The quantitative estimate of drug-likeness (QED) is 0.424. The second kappa shape index (κ2) is 9.38. The van der Waals surface area contributed by atoms with E-state index in [-0.39, 0.29) is 18.7 Å². The Balaban J connectivity index is 1.38. The molecule has 1 atom stereocenters. The van der Waals surface area contributed by atoms with Gasteiger partial charge in [0.1, 0.15) is 6.04 Å². The molecule has 3 heterocycles. The van der Waals surface area contributed by atoms with Gasteiger partial charge in [-0.1, -0.05) is 29.8 Å². The van der Waals surface area contributed by atoms with E-state index < -0.39 is 0 Å². The fourth-order valence-corrected chi connectivity index (χ4v) is 5.09. The average molecular weight is 519 g/mol. The number of carbonyl (C=O) groups is 1. The molecule has 0 spiro atoms. The van der Waals surface area contributed by atoms with Gasteiger partial charge in [0.05, 0.1) is 23.4 Å². The first-order chi connectivity index (χ1) is 18.0. The summed E-state index contributed by atoms with van der Waals surface area (Å²) in [7, 11) is 3.65. The van der Waals surface area contributed by atoms with E-state index in [1.54, 1.807) is 42.1 Å². The van der Waals surface area contributed by atoms with Crippen molar-refractivity contribution in [2.75, 3.05) is 32.8 Å². The van der Waals surface area contributed by atoms with Gasteiger partial charge in [0, 0.05) is 17.8 Å². The Labute approximate surface area is 217 Å². The number of amides is 1. The van der Waals surface area contributed by atoms with E-state index in [1.807, 2.05) is 31.3 Å². The number of methoxy groups -OCH3 is 1. The topological polar surface area (TPSA) is 104 Å². The summed E-state index contributed by atoms with van der Waals surface area (Å²) in [5.41, 5.74) is 3.71. The van der Waals surface area contributed by atoms with Crippen LogP contribution in [0.5, 0.6) is 17.2 Å². The van der Waals surface area contributed by atoms with Crippen LogP contribution in [0.1, 0.15) is 33.4 Å². The van der Waals surface area contributed by atoms with Crippen LogP contribution in [0.15, 0.2) is 54.6 Å². The maximum atomic E-state index is 12.8. The number of fused-ring (bicyclic) bond motifs is 2. The SMILES string of the molecule is COc1c2c(cc3c1[C@H](c1nnnn1-c1cccc(NC(=O)c4ccccc4Cl)c1)N(C)CC3)OCO2. The largest absolute Gasteiger partial charge is 0.492 e. The smallest absolute Gasteiger partial charge is 0.257 e. The van der Waals surface area contributed by atoms with Gasteiger partial charge in [-0.3, -0.25) is 9.69 Å². The molecule has 37 heavy (non-hydrogen) atoms. The van der Waals surface area contributed by atoms with Gasteiger partial charge >= 0.3 is 0 Å². The Morgan fingerprint density at radius 3 is 2.86 bits per heavy atom. The average Bonchev–Trinajstić information content (AvgIpc) is 3.57. The number of tetrazole rings is 1. The normalized spacial score (nSPS) is 16.4. The zero-order chi connectivity index (χ0) is 25.5. The Kier molecular flexibility index (Phi) is 5.90. The van der Waals surface area contributed by atoms with Crippen molar-refractivity contribution in [3.05, 3.63) is 82.1 Å². The van der Waals surface area contributed by atoms with Crippen molar-refractivity contribution < 1.29 is 19.0 Å². The monoisotopic (exact) mass is 518 g/mol. The molecule has 2 aliphatic rings. The number of ether oxygens (including phenoxy) is 3. The molecule has 10 nitrogen and oxygen atoms in total. The highest BCUT2D eigenvalue weighted by molar-refractivity contribution is 6.34. The summed E-state index contributed by atoms with van der Waals surface area (Å²) >= 11 is 6.20. The highest BCUT2D eigenvalue weighted by Crippen LogP contribution is 2.50. The molecule has 0 bridgehead atoms. The summed E-state index contributed by atoms with van der Waals surface area (Å²) in [4.78, 5) is 15.0. The fraction of sp³-hybridized carbons (Fsp3) is 0.231. The van der Waals surface area contributed by atoms with Gasteiger partial charge in [-0.15, -0.1) is 5.10 Å². The van der Waals surface area contributed by atoms with Gasteiger partial charge in [-0.2, -0.15) is 4.68 Å². The van der Waals surface area contributed by atoms with Crippen molar-refractivity contribution in [1.29, 1.82) is 0 Å². The van der Waals surface area contributed by atoms with E-state index in [1.165, 1.54) is 0 Å². The number of hydrogen-bond donors (Lipinski definition) is 1. The van der Waals surface area contributed by atoms with Crippen molar-refractivity contribution in [2.24, 2.45) is 0 Å². The molecular weight excluding hydrogens is 496 g/mol. The summed E-state index contributed by atoms with van der Waals surface area (Å²) in [5.74, 6) is 2.19. The number of benzene rings is 3. The van der Waals surface area contributed by atoms with Crippen LogP contribution in [0.3, 0.4) is 0 Å². The van der Waals surface area contributed by atoms with Crippen molar-refractivity contribution in [3.8, 4) is 22.9 Å². The number of carbonyl (C=O) groups excluding carboxylic acids is 1. The van der Waals surface area contributed by atoms with Gasteiger partial charge in [0.25, 0.3) is 5.91 Å². The number of anilines is 1. The maximum absolute atomic E-state index is 12.8. The maximum Gasteiger partial charge on any atom is 0.257 e. The number of nitrogens with zero attached hydrogens (tertiary/aromatic N) is 5. The molecule has 6 rings (SSSR count). The minimum absolute atomic E-state index is 0.152. The summed E-state index contributed by atoms with van der Waals surface area (Å²) < 4.78 is 18.9. The fourth-order valence-electron chi connectivity index (χ4n) is 4.87. The van der Waals surface area contributed by atoms with Crippen LogP contribution in [-0.2, 0) is 6.42 Å². The first-order valence-corrected chi connectivity index (χ1v) is 12.1. The second-order valence-corrected chi connectivity index (χ2v) is 9.19. The zero-order valence-corrected chi connectivity index (χ0v) is 20.9. The standard InChI is InChI=1S/C26H23ClN6O4/c1-32-11-10-15-12-20-23(37-14-36-20)24(35-2)21(15)22(32)25-29-30-31-33(25)17-7-5-6-16(13-17)28-26(34)18-8-3-4-9-19(18)27/h3-9,12-13,22H,10-11,14H2,1-2H3,(H,28,34)/t22-/m1/s1. The summed E-state index contributed by atoms with van der Waals surface area (Å²) in [6.07, 6.45) is 0.820. The molecule has 0 unspecified atom stereocenters. The van der Waals surface area contributed by atoms with E-state index in [2.05, 4.69) is 25.7 Å². The predicted octanol–water partition coefficient (Wildman–Crippen LogP) is 3.88. The molecule has 1 N–H and O–H groups in total. The molecule has 2 aliphatic heterocycles. The first-order valence-electron chi connectivity index (χ1n) is 11.7. The molecule has 4 aromatic rings. The number of halogens is 1.